The van der Waals surface area contributed by atoms with Crippen molar-refractivity contribution in [1.82, 2.24) is 9.78 Å². The van der Waals surface area contributed by atoms with Crippen molar-refractivity contribution < 1.29 is 4.39 Å². The largest absolute Gasteiger partial charge is 0.271 e. The molecule has 1 atom stereocenters. The van der Waals surface area contributed by atoms with Crippen molar-refractivity contribution in [1.29, 1.82) is 0 Å². The van der Waals surface area contributed by atoms with Crippen LogP contribution in [-0.4, -0.2) is 15.1 Å². The molecule has 5 heteroatoms. The predicted octanol–water partition coefficient (Wildman–Crippen LogP) is 4.57. The lowest BCUT2D eigenvalue weighted by atomic mass is 9.96. The normalized spacial score (nSPS) is 12.6. The molecule has 0 radical (unpaired) electrons. The molecule has 2 nitrogen and oxygen atoms in total. The first-order chi connectivity index (χ1) is 10.0. The second-order valence-corrected chi connectivity index (χ2v) is 6.27. The lowest BCUT2D eigenvalue weighted by Gasteiger charge is -2.14. The van der Waals surface area contributed by atoms with Gasteiger partial charge < -0.3 is 0 Å². The number of aromatic nitrogens is 2. The zero-order chi connectivity index (χ0) is 15.4. The van der Waals surface area contributed by atoms with Crippen molar-refractivity contribution in [3.8, 4) is 0 Å². The molecule has 0 saturated heterocycles. The monoisotopic (exact) mass is 372 g/mol. The Kier molecular flexibility index (Phi) is 5.82. The summed E-state index contributed by atoms with van der Waals surface area (Å²) in [6.07, 6.45) is 2.57. The van der Waals surface area contributed by atoms with E-state index in [0.717, 1.165) is 46.6 Å². The summed E-state index contributed by atoms with van der Waals surface area (Å²) in [5.74, 6) is 0.199. The van der Waals surface area contributed by atoms with E-state index in [2.05, 4.69) is 28.0 Å². The first-order valence-electron chi connectivity index (χ1n) is 7.05. The Hall–Kier alpha value is -0.870. The molecule has 1 heterocycles. The molecule has 0 amide bonds. The Bertz CT molecular complexity index is 595. The Morgan fingerprint density at radius 3 is 2.48 bits per heavy atom. The van der Waals surface area contributed by atoms with E-state index in [4.69, 9.17) is 11.6 Å². The molecule has 1 unspecified atom stereocenters. The minimum absolute atomic E-state index is 0.198. The molecule has 0 fully saturated rings. The van der Waals surface area contributed by atoms with E-state index in [9.17, 15) is 4.39 Å². The van der Waals surface area contributed by atoms with Crippen LogP contribution < -0.4 is 0 Å². The van der Waals surface area contributed by atoms with E-state index in [1.807, 2.05) is 23.9 Å². The molecule has 0 aliphatic heterocycles. The van der Waals surface area contributed by atoms with E-state index in [1.165, 1.54) is 12.1 Å². The molecule has 0 bridgehead atoms. The summed E-state index contributed by atoms with van der Waals surface area (Å²) in [6, 6.07) is 6.69. The highest BCUT2D eigenvalue weighted by Crippen LogP contribution is 2.25. The maximum absolute atomic E-state index is 13.0. The Morgan fingerprint density at radius 2 is 1.95 bits per heavy atom. The molecule has 0 aliphatic rings. The van der Waals surface area contributed by atoms with Crippen molar-refractivity contribution in [2.24, 2.45) is 13.0 Å². The van der Waals surface area contributed by atoms with Gasteiger partial charge in [0.1, 0.15) is 5.82 Å². The van der Waals surface area contributed by atoms with Crippen LogP contribution in [0.3, 0.4) is 0 Å². The van der Waals surface area contributed by atoms with Gasteiger partial charge in [0.05, 0.1) is 16.4 Å². The van der Waals surface area contributed by atoms with Crippen LogP contribution in [-0.2, 0) is 26.3 Å². The average molecular weight is 374 g/mol. The first kappa shape index (κ1) is 16.5. The first-order valence-corrected chi connectivity index (χ1v) is 8.55. The van der Waals surface area contributed by atoms with E-state index in [0.29, 0.717) is 5.92 Å². The number of aryl methyl sites for hydroxylation is 2. The number of benzene rings is 1. The topological polar surface area (TPSA) is 17.8 Å². The SMILES string of the molecule is CCc1nn(C)c(CC(CBr)Cc2ccc(F)cc2)c1Cl. The van der Waals surface area contributed by atoms with Gasteiger partial charge >= 0.3 is 0 Å². The third kappa shape index (κ3) is 4.07. The molecule has 1 aromatic carbocycles. The maximum atomic E-state index is 13.0. The second kappa shape index (κ2) is 7.41. The van der Waals surface area contributed by atoms with Crippen LogP contribution in [0.25, 0.3) is 0 Å². The molecule has 21 heavy (non-hydrogen) atoms. The van der Waals surface area contributed by atoms with Gasteiger partial charge in [0.2, 0.25) is 0 Å². The van der Waals surface area contributed by atoms with Crippen LogP contribution in [0.5, 0.6) is 0 Å². The third-order valence-electron chi connectivity index (χ3n) is 3.64. The van der Waals surface area contributed by atoms with Crippen molar-refractivity contribution in [2.45, 2.75) is 26.2 Å². The Labute approximate surface area is 138 Å². The van der Waals surface area contributed by atoms with Crippen LogP contribution in [0, 0.1) is 11.7 Å². The highest BCUT2D eigenvalue weighted by molar-refractivity contribution is 9.09. The molecule has 1 aromatic heterocycles. The number of halogens is 3. The standard InChI is InChI=1S/C16H19BrClFN2/c1-3-14-16(18)15(21(2)20-14)9-12(10-17)8-11-4-6-13(19)7-5-11/h4-7,12H,3,8-10H2,1-2H3. The number of rotatable bonds is 6. The average Bonchev–Trinajstić information content (AvgIpc) is 2.75. The maximum Gasteiger partial charge on any atom is 0.123 e. The van der Waals surface area contributed by atoms with E-state index in [-0.39, 0.29) is 5.82 Å². The van der Waals surface area contributed by atoms with Gasteiger partial charge in [-0.3, -0.25) is 4.68 Å². The van der Waals surface area contributed by atoms with Gasteiger partial charge in [-0.15, -0.1) is 0 Å². The second-order valence-electron chi connectivity index (χ2n) is 5.24. The number of hydrogen-bond donors (Lipinski definition) is 0. The molecule has 2 aromatic rings. The van der Waals surface area contributed by atoms with E-state index >= 15 is 0 Å². The molecule has 0 spiro atoms. The van der Waals surface area contributed by atoms with Crippen LogP contribution in [0.15, 0.2) is 24.3 Å². The Morgan fingerprint density at radius 1 is 1.29 bits per heavy atom. The highest BCUT2D eigenvalue weighted by atomic mass is 79.9. The van der Waals surface area contributed by atoms with Gasteiger partial charge in [-0.1, -0.05) is 46.6 Å². The molecule has 0 N–H and O–H groups in total. The van der Waals surface area contributed by atoms with Gasteiger partial charge in [0, 0.05) is 12.4 Å². The smallest absolute Gasteiger partial charge is 0.123 e. The minimum Gasteiger partial charge on any atom is -0.271 e. The van der Waals surface area contributed by atoms with Crippen molar-refractivity contribution >= 4 is 27.5 Å². The van der Waals surface area contributed by atoms with Gasteiger partial charge in [-0.2, -0.15) is 5.10 Å². The fourth-order valence-electron chi connectivity index (χ4n) is 2.45. The molecule has 2 rings (SSSR count). The van der Waals surface area contributed by atoms with Crippen molar-refractivity contribution in [2.75, 3.05) is 5.33 Å². The van der Waals surface area contributed by atoms with E-state index < -0.39 is 0 Å². The van der Waals surface area contributed by atoms with Crippen LogP contribution >= 0.6 is 27.5 Å². The van der Waals surface area contributed by atoms with Crippen molar-refractivity contribution in [3.05, 3.63) is 52.1 Å². The van der Waals surface area contributed by atoms with E-state index in [1.54, 1.807) is 0 Å². The predicted molar refractivity (Wildman–Crippen MR) is 88.7 cm³/mol. The minimum atomic E-state index is -0.198. The summed E-state index contributed by atoms with van der Waals surface area (Å²) in [5.41, 5.74) is 3.15. The zero-order valence-corrected chi connectivity index (χ0v) is 14.6. The van der Waals surface area contributed by atoms with Crippen LogP contribution in [0.2, 0.25) is 5.02 Å². The number of nitrogens with zero attached hydrogens (tertiary/aromatic N) is 2. The summed E-state index contributed by atoms with van der Waals surface area (Å²) in [5, 5.41) is 6.11. The molecule has 114 valence electrons. The number of alkyl halides is 1. The third-order valence-corrected chi connectivity index (χ3v) is 4.99. The summed E-state index contributed by atoms with van der Waals surface area (Å²) < 4.78 is 14.8. The number of hydrogen-bond acceptors (Lipinski definition) is 1. The molecule has 0 aliphatic carbocycles. The lowest BCUT2D eigenvalue weighted by Crippen LogP contribution is -2.13. The molecular weight excluding hydrogens is 355 g/mol. The summed E-state index contributed by atoms with van der Waals surface area (Å²) in [4.78, 5) is 0. The fraction of sp³-hybridized carbons (Fsp3) is 0.438. The highest BCUT2D eigenvalue weighted by Gasteiger charge is 2.18. The van der Waals surface area contributed by atoms with Gasteiger partial charge in [-0.05, 0) is 42.9 Å². The van der Waals surface area contributed by atoms with Crippen molar-refractivity contribution in [3.63, 3.8) is 0 Å². The van der Waals surface area contributed by atoms with Gasteiger partial charge in [0.25, 0.3) is 0 Å². The quantitative estimate of drug-likeness (QED) is 0.678. The van der Waals surface area contributed by atoms with Crippen LogP contribution in [0.4, 0.5) is 4.39 Å². The zero-order valence-electron chi connectivity index (χ0n) is 12.2. The fourth-order valence-corrected chi connectivity index (χ4v) is 3.28. The summed E-state index contributed by atoms with van der Waals surface area (Å²) >= 11 is 9.98. The van der Waals surface area contributed by atoms with Gasteiger partial charge in [-0.25, -0.2) is 4.39 Å². The van der Waals surface area contributed by atoms with Crippen LogP contribution in [0.1, 0.15) is 23.9 Å². The van der Waals surface area contributed by atoms with Gasteiger partial charge in [0.15, 0.2) is 0 Å². The summed E-state index contributed by atoms with van der Waals surface area (Å²) in [7, 11) is 1.93. The molecule has 0 saturated carbocycles. The summed E-state index contributed by atoms with van der Waals surface area (Å²) in [6.45, 7) is 2.05. The Balaban J connectivity index is 2.12. The molecular formula is C16H19BrClFN2. The lowest BCUT2D eigenvalue weighted by molar-refractivity contribution is 0.555.